The van der Waals surface area contributed by atoms with Gasteiger partial charge in [0, 0.05) is 23.0 Å². The summed E-state index contributed by atoms with van der Waals surface area (Å²) < 4.78 is 5.49. The van der Waals surface area contributed by atoms with Crippen LogP contribution in [-0.4, -0.2) is 22.8 Å². The van der Waals surface area contributed by atoms with Crippen molar-refractivity contribution in [1.29, 1.82) is 0 Å². The van der Waals surface area contributed by atoms with Crippen LogP contribution in [0, 0.1) is 6.92 Å². The lowest BCUT2D eigenvalue weighted by atomic mass is 10.2. The molecule has 5 heteroatoms. The zero-order valence-electron chi connectivity index (χ0n) is 11.8. The van der Waals surface area contributed by atoms with Crippen LogP contribution in [0.4, 0.5) is 0 Å². The maximum Gasteiger partial charge on any atom is 0.270 e. The fourth-order valence-electron chi connectivity index (χ4n) is 2.30. The molecular weight excluding hydrogens is 288 g/mol. The number of benzene rings is 1. The predicted molar refractivity (Wildman–Crippen MR) is 82.6 cm³/mol. The molecule has 4 nitrogen and oxygen atoms in total. The summed E-state index contributed by atoms with van der Waals surface area (Å²) in [7, 11) is 1.75. The SMILES string of the molecule is Cc1ccc(CN(C)C(=O)c2cc3cc(Cl)ccc3[nH]2)o1. The molecule has 0 aliphatic rings. The van der Waals surface area contributed by atoms with Gasteiger partial charge in [-0.05, 0) is 43.3 Å². The van der Waals surface area contributed by atoms with Crippen molar-refractivity contribution in [3.8, 4) is 0 Å². The Hall–Kier alpha value is -2.20. The van der Waals surface area contributed by atoms with Gasteiger partial charge in [0.15, 0.2) is 0 Å². The van der Waals surface area contributed by atoms with Crippen molar-refractivity contribution in [2.24, 2.45) is 0 Å². The third-order valence-electron chi connectivity index (χ3n) is 3.35. The Morgan fingerprint density at radius 2 is 2.10 bits per heavy atom. The average Bonchev–Trinajstić information content (AvgIpc) is 3.03. The lowest BCUT2D eigenvalue weighted by Crippen LogP contribution is -2.26. The zero-order valence-corrected chi connectivity index (χ0v) is 12.6. The number of nitrogens with zero attached hydrogens (tertiary/aromatic N) is 1. The molecule has 2 aromatic heterocycles. The molecule has 3 aromatic rings. The van der Waals surface area contributed by atoms with Gasteiger partial charge < -0.3 is 14.3 Å². The molecule has 0 bridgehead atoms. The van der Waals surface area contributed by atoms with E-state index in [0.29, 0.717) is 17.3 Å². The van der Waals surface area contributed by atoms with Crippen molar-refractivity contribution in [3.05, 3.63) is 58.6 Å². The standard InChI is InChI=1S/C16H15ClN2O2/c1-10-3-5-13(21-10)9-19(2)16(20)15-8-11-7-12(17)4-6-14(11)18-15/h3-8,18H,9H2,1-2H3. The van der Waals surface area contributed by atoms with Crippen molar-refractivity contribution >= 4 is 28.4 Å². The molecule has 0 aliphatic carbocycles. The molecule has 0 fully saturated rings. The molecule has 0 radical (unpaired) electrons. The lowest BCUT2D eigenvalue weighted by molar-refractivity contribution is 0.0770. The minimum atomic E-state index is -0.0867. The van der Waals surface area contributed by atoms with Gasteiger partial charge in [-0.25, -0.2) is 0 Å². The van der Waals surface area contributed by atoms with E-state index in [1.165, 1.54) is 0 Å². The number of halogens is 1. The number of rotatable bonds is 3. The summed E-state index contributed by atoms with van der Waals surface area (Å²) in [6.07, 6.45) is 0. The number of aromatic amines is 1. The predicted octanol–water partition coefficient (Wildman–Crippen LogP) is 3.99. The molecule has 0 aliphatic heterocycles. The molecule has 0 atom stereocenters. The van der Waals surface area contributed by atoms with E-state index in [9.17, 15) is 4.79 Å². The Kier molecular flexibility index (Phi) is 3.47. The number of H-pyrrole nitrogens is 1. The van der Waals surface area contributed by atoms with Crippen molar-refractivity contribution < 1.29 is 9.21 Å². The molecule has 0 saturated heterocycles. The molecule has 2 heterocycles. The lowest BCUT2D eigenvalue weighted by Gasteiger charge is -2.14. The molecule has 0 spiro atoms. The number of hydrogen-bond acceptors (Lipinski definition) is 2. The number of aromatic nitrogens is 1. The molecule has 0 saturated carbocycles. The van der Waals surface area contributed by atoms with Crippen LogP contribution in [0.5, 0.6) is 0 Å². The van der Waals surface area contributed by atoms with E-state index >= 15 is 0 Å². The number of hydrogen-bond donors (Lipinski definition) is 1. The summed E-state index contributed by atoms with van der Waals surface area (Å²) in [5.74, 6) is 1.52. The Balaban J connectivity index is 1.82. The van der Waals surface area contributed by atoms with Gasteiger partial charge in [-0.3, -0.25) is 4.79 Å². The van der Waals surface area contributed by atoms with Crippen molar-refractivity contribution in [2.45, 2.75) is 13.5 Å². The second-order valence-electron chi connectivity index (χ2n) is 5.09. The number of nitrogens with one attached hydrogen (secondary N) is 1. The van der Waals surface area contributed by atoms with Crippen LogP contribution >= 0.6 is 11.6 Å². The molecular formula is C16H15ClN2O2. The van der Waals surface area contributed by atoms with Gasteiger partial charge in [0.25, 0.3) is 5.91 Å². The Morgan fingerprint density at radius 1 is 1.29 bits per heavy atom. The average molecular weight is 303 g/mol. The Labute approximate surface area is 127 Å². The van der Waals surface area contributed by atoms with E-state index in [2.05, 4.69) is 4.98 Å². The minimum Gasteiger partial charge on any atom is -0.464 e. The van der Waals surface area contributed by atoms with E-state index in [1.807, 2.05) is 37.3 Å². The molecule has 21 heavy (non-hydrogen) atoms. The van der Waals surface area contributed by atoms with Crippen LogP contribution in [0.15, 0.2) is 40.8 Å². The van der Waals surface area contributed by atoms with Gasteiger partial charge >= 0.3 is 0 Å². The first-order valence-electron chi connectivity index (χ1n) is 6.62. The summed E-state index contributed by atoms with van der Waals surface area (Å²) in [6.45, 7) is 2.32. The van der Waals surface area contributed by atoms with Gasteiger partial charge in [-0.15, -0.1) is 0 Å². The number of carbonyl (C=O) groups excluding carboxylic acids is 1. The van der Waals surface area contributed by atoms with Crippen LogP contribution in [0.1, 0.15) is 22.0 Å². The van der Waals surface area contributed by atoms with Crippen molar-refractivity contribution in [1.82, 2.24) is 9.88 Å². The van der Waals surface area contributed by atoms with E-state index < -0.39 is 0 Å². The number of carbonyl (C=O) groups is 1. The first-order valence-corrected chi connectivity index (χ1v) is 7.00. The number of furan rings is 1. The molecule has 1 aromatic carbocycles. The number of aryl methyl sites for hydroxylation is 1. The van der Waals surface area contributed by atoms with Gasteiger partial charge in [0.05, 0.1) is 6.54 Å². The fraction of sp³-hybridized carbons (Fsp3) is 0.188. The van der Waals surface area contributed by atoms with E-state index in [-0.39, 0.29) is 5.91 Å². The zero-order chi connectivity index (χ0) is 15.0. The summed E-state index contributed by atoms with van der Waals surface area (Å²) in [5, 5.41) is 1.58. The molecule has 0 unspecified atom stereocenters. The highest BCUT2D eigenvalue weighted by Crippen LogP contribution is 2.21. The summed E-state index contributed by atoms with van der Waals surface area (Å²) in [4.78, 5) is 17.2. The first kappa shape index (κ1) is 13.8. The van der Waals surface area contributed by atoms with Crippen LogP contribution in [0.3, 0.4) is 0 Å². The second-order valence-corrected chi connectivity index (χ2v) is 5.52. The third-order valence-corrected chi connectivity index (χ3v) is 3.58. The van der Waals surface area contributed by atoms with Crippen LogP contribution < -0.4 is 0 Å². The molecule has 1 amide bonds. The highest BCUT2D eigenvalue weighted by Gasteiger charge is 2.16. The highest BCUT2D eigenvalue weighted by molar-refractivity contribution is 6.31. The smallest absolute Gasteiger partial charge is 0.270 e. The number of amides is 1. The summed E-state index contributed by atoms with van der Waals surface area (Å²) in [5.41, 5.74) is 1.43. The largest absolute Gasteiger partial charge is 0.464 e. The van der Waals surface area contributed by atoms with Crippen LogP contribution in [-0.2, 0) is 6.54 Å². The van der Waals surface area contributed by atoms with Gasteiger partial charge in [0.2, 0.25) is 0 Å². The van der Waals surface area contributed by atoms with Crippen LogP contribution in [0.25, 0.3) is 10.9 Å². The maximum atomic E-state index is 12.4. The maximum absolute atomic E-state index is 12.4. The van der Waals surface area contributed by atoms with Crippen molar-refractivity contribution in [2.75, 3.05) is 7.05 Å². The van der Waals surface area contributed by atoms with Crippen LogP contribution in [0.2, 0.25) is 5.02 Å². The number of fused-ring (bicyclic) bond motifs is 1. The highest BCUT2D eigenvalue weighted by atomic mass is 35.5. The minimum absolute atomic E-state index is 0.0867. The van der Waals surface area contributed by atoms with Gasteiger partial charge in [-0.1, -0.05) is 11.6 Å². The summed E-state index contributed by atoms with van der Waals surface area (Å²) in [6, 6.07) is 11.1. The first-order chi connectivity index (χ1) is 10.0. The van der Waals surface area contributed by atoms with E-state index in [4.69, 9.17) is 16.0 Å². The third kappa shape index (κ3) is 2.81. The second kappa shape index (κ2) is 5.30. The topological polar surface area (TPSA) is 49.2 Å². The Bertz CT molecular complexity index is 804. The van der Waals surface area contributed by atoms with E-state index in [0.717, 1.165) is 22.4 Å². The summed E-state index contributed by atoms with van der Waals surface area (Å²) >= 11 is 5.96. The molecule has 3 rings (SSSR count). The fourth-order valence-corrected chi connectivity index (χ4v) is 2.48. The molecule has 108 valence electrons. The van der Waals surface area contributed by atoms with Crippen molar-refractivity contribution in [3.63, 3.8) is 0 Å². The Morgan fingerprint density at radius 3 is 2.81 bits per heavy atom. The quantitative estimate of drug-likeness (QED) is 0.795. The monoisotopic (exact) mass is 302 g/mol. The normalized spacial score (nSPS) is 11.0. The molecule has 1 N–H and O–H groups in total. The van der Waals surface area contributed by atoms with Gasteiger partial charge in [0.1, 0.15) is 17.2 Å². The van der Waals surface area contributed by atoms with E-state index in [1.54, 1.807) is 18.0 Å². The van der Waals surface area contributed by atoms with Gasteiger partial charge in [-0.2, -0.15) is 0 Å².